The van der Waals surface area contributed by atoms with E-state index in [-0.39, 0.29) is 0 Å². The molecule has 20 heavy (non-hydrogen) atoms. The molecule has 3 rings (SSSR count). The number of ether oxygens (including phenoxy) is 2. The zero-order valence-electron chi connectivity index (χ0n) is 12.5. The molecule has 2 heteroatoms. The molecule has 0 unspecified atom stereocenters. The van der Waals surface area contributed by atoms with Gasteiger partial charge in [0.05, 0.1) is 14.2 Å². The van der Waals surface area contributed by atoms with Crippen molar-refractivity contribution < 1.29 is 9.47 Å². The standard InChI is InChI=1S/C11H16O2.C7H6/c1-4-5-9-6-10(12-2)8-11(7-9)13-3;1-2-7-4-3-6(1)5-7/h6-8H,4-5H2,1-3H3;1-4H,5H2. The molecule has 0 amide bonds. The molecule has 2 aliphatic carbocycles. The van der Waals surface area contributed by atoms with Crippen molar-refractivity contribution in [2.75, 3.05) is 14.2 Å². The van der Waals surface area contributed by atoms with Gasteiger partial charge in [0.15, 0.2) is 0 Å². The maximum atomic E-state index is 5.16. The summed E-state index contributed by atoms with van der Waals surface area (Å²) in [4.78, 5) is 0. The van der Waals surface area contributed by atoms with E-state index in [1.807, 2.05) is 18.2 Å². The van der Waals surface area contributed by atoms with Gasteiger partial charge >= 0.3 is 0 Å². The van der Waals surface area contributed by atoms with Crippen molar-refractivity contribution in [3.63, 3.8) is 0 Å². The first-order chi connectivity index (χ1) is 9.75. The molecule has 2 bridgehead atoms. The van der Waals surface area contributed by atoms with Gasteiger partial charge in [-0.2, -0.15) is 0 Å². The highest BCUT2D eigenvalue weighted by atomic mass is 16.5. The number of rotatable bonds is 4. The van der Waals surface area contributed by atoms with Crippen molar-refractivity contribution in [1.82, 2.24) is 0 Å². The first-order valence-corrected chi connectivity index (χ1v) is 7.05. The normalized spacial score (nSPS) is 14.3. The molecule has 2 aliphatic rings. The van der Waals surface area contributed by atoms with E-state index in [1.54, 1.807) is 14.2 Å². The summed E-state index contributed by atoms with van der Waals surface area (Å²) >= 11 is 0. The van der Waals surface area contributed by atoms with E-state index in [4.69, 9.17) is 9.47 Å². The average Bonchev–Trinajstić information content (AvgIpc) is 3.13. The largest absolute Gasteiger partial charge is 0.497 e. The van der Waals surface area contributed by atoms with Crippen LogP contribution in [0.25, 0.3) is 0 Å². The lowest BCUT2D eigenvalue weighted by Gasteiger charge is -2.07. The van der Waals surface area contributed by atoms with Crippen molar-refractivity contribution in [3.8, 4) is 11.5 Å². The second-order valence-corrected chi connectivity index (χ2v) is 4.96. The van der Waals surface area contributed by atoms with Crippen LogP contribution in [0, 0.1) is 0 Å². The highest BCUT2D eigenvalue weighted by Gasteiger charge is 2.07. The fourth-order valence-corrected chi connectivity index (χ4v) is 2.31. The van der Waals surface area contributed by atoms with E-state index in [9.17, 15) is 0 Å². The second-order valence-electron chi connectivity index (χ2n) is 4.96. The molecule has 0 aliphatic heterocycles. The van der Waals surface area contributed by atoms with Gasteiger partial charge in [-0.1, -0.05) is 37.6 Å². The number of hydrogen-bond acceptors (Lipinski definition) is 2. The summed E-state index contributed by atoms with van der Waals surface area (Å²) in [5.41, 5.74) is 4.20. The van der Waals surface area contributed by atoms with Crippen LogP contribution in [-0.2, 0) is 6.42 Å². The number of benzene rings is 1. The lowest BCUT2D eigenvalue weighted by atomic mass is 10.1. The molecule has 0 heterocycles. The van der Waals surface area contributed by atoms with Crippen LogP contribution in [0.1, 0.15) is 25.3 Å². The molecule has 0 radical (unpaired) electrons. The van der Waals surface area contributed by atoms with Crippen LogP contribution in [-0.4, -0.2) is 14.2 Å². The minimum atomic E-state index is 0.864. The van der Waals surface area contributed by atoms with E-state index in [2.05, 4.69) is 31.2 Å². The van der Waals surface area contributed by atoms with Crippen LogP contribution < -0.4 is 9.47 Å². The Morgan fingerprint density at radius 1 is 0.900 bits per heavy atom. The third-order valence-corrected chi connectivity index (χ3v) is 3.38. The zero-order chi connectivity index (χ0) is 14.4. The summed E-state index contributed by atoms with van der Waals surface area (Å²) in [5, 5.41) is 0. The van der Waals surface area contributed by atoms with Crippen LogP contribution in [0.15, 0.2) is 53.6 Å². The van der Waals surface area contributed by atoms with E-state index >= 15 is 0 Å². The summed E-state index contributed by atoms with van der Waals surface area (Å²) in [7, 11) is 3.34. The average molecular weight is 270 g/mol. The summed E-state index contributed by atoms with van der Waals surface area (Å²) < 4.78 is 10.3. The fourth-order valence-electron chi connectivity index (χ4n) is 2.31. The first kappa shape index (κ1) is 14.4. The van der Waals surface area contributed by atoms with Gasteiger partial charge in [0.1, 0.15) is 11.5 Å². The number of hydrogen-bond donors (Lipinski definition) is 0. The van der Waals surface area contributed by atoms with Gasteiger partial charge in [-0.3, -0.25) is 0 Å². The van der Waals surface area contributed by atoms with Crippen LogP contribution in [0.3, 0.4) is 0 Å². The minimum absolute atomic E-state index is 0.864. The van der Waals surface area contributed by atoms with Gasteiger partial charge in [-0.15, -0.1) is 0 Å². The molecule has 0 fully saturated rings. The third-order valence-electron chi connectivity index (χ3n) is 3.38. The molecule has 0 spiro atoms. The molecular formula is C18H22O2. The maximum Gasteiger partial charge on any atom is 0.122 e. The van der Waals surface area contributed by atoms with E-state index in [1.165, 1.54) is 23.1 Å². The Hall–Kier alpha value is -1.96. The predicted molar refractivity (Wildman–Crippen MR) is 83.5 cm³/mol. The van der Waals surface area contributed by atoms with Crippen molar-refractivity contribution in [3.05, 3.63) is 59.2 Å². The molecule has 2 nitrogen and oxygen atoms in total. The van der Waals surface area contributed by atoms with Gasteiger partial charge in [0.25, 0.3) is 0 Å². The molecular weight excluding hydrogens is 248 g/mol. The fraction of sp³-hybridized carbons (Fsp3) is 0.333. The Morgan fingerprint density at radius 3 is 1.75 bits per heavy atom. The molecule has 0 N–H and O–H groups in total. The molecule has 106 valence electrons. The van der Waals surface area contributed by atoms with Gasteiger partial charge < -0.3 is 9.47 Å². The van der Waals surface area contributed by atoms with Crippen molar-refractivity contribution in [2.45, 2.75) is 26.2 Å². The molecule has 0 aromatic heterocycles. The van der Waals surface area contributed by atoms with Crippen LogP contribution in [0.5, 0.6) is 11.5 Å². The molecule has 1 aromatic rings. The van der Waals surface area contributed by atoms with Crippen molar-refractivity contribution in [1.29, 1.82) is 0 Å². The van der Waals surface area contributed by atoms with Crippen LogP contribution in [0.2, 0.25) is 0 Å². The Bertz CT molecular complexity index is 508. The number of aryl methyl sites for hydroxylation is 1. The quantitative estimate of drug-likeness (QED) is 0.803. The molecule has 0 saturated heterocycles. The van der Waals surface area contributed by atoms with Gasteiger partial charge in [-0.05, 0) is 41.7 Å². The molecule has 1 aromatic carbocycles. The van der Waals surface area contributed by atoms with Crippen molar-refractivity contribution in [2.24, 2.45) is 0 Å². The number of allylic oxidation sites excluding steroid dienone is 6. The second kappa shape index (κ2) is 6.99. The Balaban J connectivity index is 0.000000173. The van der Waals surface area contributed by atoms with E-state index in [0.29, 0.717) is 0 Å². The van der Waals surface area contributed by atoms with Gasteiger partial charge in [0.2, 0.25) is 0 Å². The zero-order valence-corrected chi connectivity index (χ0v) is 12.5. The number of methoxy groups -OCH3 is 2. The summed E-state index contributed by atoms with van der Waals surface area (Å²) in [5.74, 6) is 1.73. The highest BCUT2D eigenvalue weighted by Crippen LogP contribution is 2.27. The summed E-state index contributed by atoms with van der Waals surface area (Å²) in [6, 6.07) is 5.98. The topological polar surface area (TPSA) is 18.5 Å². The Labute approximate surface area is 121 Å². The van der Waals surface area contributed by atoms with Gasteiger partial charge in [0, 0.05) is 6.07 Å². The SMILES string of the molecule is C1=CC2=CC=C1C2.CCCc1cc(OC)cc(OC)c1. The van der Waals surface area contributed by atoms with Crippen molar-refractivity contribution >= 4 is 0 Å². The number of fused-ring (bicyclic) bond motifs is 2. The van der Waals surface area contributed by atoms with Gasteiger partial charge in [-0.25, -0.2) is 0 Å². The monoisotopic (exact) mass is 270 g/mol. The van der Waals surface area contributed by atoms with Crippen LogP contribution >= 0.6 is 0 Å². The third kappa shape index (κ3) is 3.77. The first-order valence-electron chi connectivity index (χ1n) is 7.05. The summed E-state index contributed by atoms with van der Waals surface area (Å²) in [6.45, 7) is 2.16. The summed E-state index contributed by atoms with van der Waals surface area (Å²) in [6.07, 6.45) is 12.1. The Morgan fingerprint density at radius 2 is 1.45 bits per heavy atom. The van der Waals surface area contributed by atoms with E-state index < -0.39 is 0 Å². The molecule has 0 atom stereocenters. The Kier molecular flexibility index (Phi) is 5.05. The maximum absolute atomic E-state index is 5.16. The van der Waals surface area contributed by atoms with E-state index in [0.717, 1.165) is 24.3 Å². The lowest BCUT2D eigenvalue weighted by molar-refractivity contribution is 0.393. The predicted octanol–water partition coefficient (Wildman–Crippen LogP) is 4.47. The highest BCUT2D eigenvalue weighted by molar-refractivity contribution is 5.49. The van der Waals surface area contributed by atoms with Crippen LogP contribution in [0.4, 0.5) is 0 Å². The minimum Gasteiger partial charge on any atom is -0.497 e. The molecule has 0 saturated carbocycles. The smallest absolute Gasteiger partial charge is 0.122 e. The lowest BCUT2D eigenvalue weighted by Crippen LogP contribution is -1.90.